The summed E-state index contributed by atoms with van der Waals surface area (Å²) in [5.41, 5.74) is 6.25. The van der Waals surface area contributed by atoms with E-state index in [0.29, 0.717) is 0 Å². The van der Waals surface area contributed by atoms with E-state index in [2.05, 4.69) is 104 Å². The number of hydrogen-bond donors (Lipinski definition) is 2. The summed E-state index contributed by atoms with van der Waals surface area (Å²) in [5, 5.41) is 0. The van der Waals surface area contributed by atoms with Crippen molar-refractivity contribution in [2.75, 3.05) is 0 Å². The van der Waals surface area contributed by atoms with Crippen LogP contribution in [0.1, 0.15) is 105 Å². The molecule has 2 aromatic rings. The quantitative estimate of drug-likeness (QED) is 0.579. The fourth-order valence-corrected chi connectivity index (χ4v) is 3.98. The van der Waals surface area contributed by atoms with Gasteiger partial charge in [-0.05, 0) is 46.9 Å². The molecule has 0 aliphatic heterocycles. The van der Waals surface area contributed by atoms with E-state index < -0.39 is 0 Å². The Bertz CT molecular complexity index is 663. The molecular formula is C24H40N2. The summed E-state index contributed by atoms with van der Waals surface area (Å²) >= 11 is 0. The van der Waals surface area contributed by atoms with Gasteiger partial charge >= 0.3 is 0 Å². The van der Waals surface area contributed by atoms with Crippen molar-refractivity contribution in [1.82, 2.24) is 9.97 Å². The Morgan fingerprint density at radius 2 is 0.885 bits per heavy atom. The lowest BCUT2D eigenvalue weighted by molar-refractivity contribution is 0.356. The van der Waals surface area contributed by atoms with Crippen LogP contribution in [0.25, 0.3) is 0 Å². The Balaban J connectivity index is 2.25. The van der Waals surface area contributed by atoms with Gasteiger partial charge in [0, 0.05) is 34.6 Å². The molecule has 2 N–H and O–H groups in total. The molecule has 0 atom stereocenters. The highest BCUT2D eigenvalue weighted by Crippen LogP contribution is 2.41. The zero-order valence-electron chi connectivity index (χ0n) is 18.7. The summed E-state index contributed by atoms with van der Waals surface area (Å²) < 4.78 is 0. The van der Waals surface area contributed by atoms with Crippen LogP contribution in [0, 0.1) is 0 Å². The van der Waals surface area contributed by atoms with Crippen molar-refractivity contribution in [1.29, 1.82) is 0 Å². The number of hydrogen-bond acceptors (Lipinski definition) is 0. The predicted octanol–water partition coefficient (Wildman–Crippen LogP) is 6.97. The Kier molecular flexibility index (Phi) is 5.31. The van der Waals surface area contributed by atoms with Crippen LogP contribution in [0.2, 0.25) is 0 Å². The summed E-state index contributed by atoms with van der Waals surface area (Å²) in [6, 6.07) is 4.51. The molecule has 0 radical (unpaired) electrons. The molecule has 2 rings (SSSR count). The molecule has 0 spiro atoms. The molecule has 0 saturated heterocycles. The van der Waals surface area contributed by atoms with Crippen LogP contribution in [-0.4, -0.2) is 9.97 Å². The van der Waals surface area contributed by atoms with Gasteiger partial charge in [0.2, 0.25) is 0 Å². The third kappa shape index (κ3) is 4.27. The Labute approximate surface area is 161 Å². The van der Waals surface area contributed by atoms with Crippen LogP contribution >= 0.6 is 0 Å². The lowest BCUT2D eigenvalue weighted by Gasteiger charge is -2.35. The van der Waals surface area contributed by atoms with Crippen molar-refractivity contribution in [3.05, 3.63) is 47.0 Å². The average Bonchev–Trinajstić information content (AvgIpc) is 3.13. The summed E-state index contributed by atoms with van der Waals surface area (Å²) in [4.78, 5) is 7.10. The lowest BCUT2D eigenvalue weighted by atomic mass is 9.71. The Hall–Kier alpha value is -1.44. The first-order valence-electron chi connectivity index (χ1n) is 10.0. The van der Waals surface area contributed by atoms with Crippen molar-refractivity contribution in [2.45, 2.75) is 104 Å². The van der Waals surface area contributed by atoms with E-state index in [1.54, 1.807) is 0 Å². The summed E-state index contributed by atoms with van der Waals surface area (Å²) in [7, 11) is 0. The number of nitrogens with one attached hydrogen (secondary N) is 2. The number of rotatable bonds is 5. The molecule has 0 aromatic carbocycles. The number of aromatic amines is 2. The van der Waals surface area contributed by atoms with Crippen LogP contribution in [0.15, 0.2) is 24.5 Å². The molecule has 26 heavy (non-hydrogen) atoms. The van der Waals surface area contributed by atoms with Crippen LogP contribution in [0.4, 0.5) is 0 Å². The zero-order valence-corrected chi connectivity index (χ0v) is 18.7. The van der Waals surface area contributed by atoms with Gasteiger partial charge in [-0.3, -0.25) is 0 Å². The molecule has 0 aliphatic carbocycles. The molecule has 0 bridgehead atoms. The minimum Gasteiger partial charge on any atom is -0.364 e. The van der Waals surface area contributed by atoms with Gasteiger partial charge in [0.05, 0.1) is 0 Å². The zero-order chi connectivity index (χ0) is 20.0. The van der Waals surface area contributed by atoms with E-state index in [0.717, 1.165) is 12.8 Å². The van der Waals surface area contributed by atoms with E-state index in [1.807, 2.05) is 0 Å². The molecule has 2 aromatic heterocycles. The maximum Gasteiger partial charge on any atom is 0.0242 e. The van der Waals surface area contributed by atoms with E-state index >= 15 is 0 Å². The van der Waals surface area contributed by atoms with E-state index in [-0.39, 0.29) is 21.7 Å². The molecule has 146 valence electrons. The van der Waals surface area contributed by atoms with Crippen molar-refractivity contribution in [2.24, 2.45) is 0 Å². The van der Waals surface area contributed by atoms with Gasteiger partial charge < -0.3 is 9.97 Å². The van der Waals surface area contributed by atoms with Crippen molar-refractivity contribution in [3.63, 3.8) is 0 Å². The first kappa shape index (κ1) is 20.9. The average molecular weight is 357 g/mol. The van der Waals surface area contributed by atoms with Crippen LogP contribution < -0.4 is 0 Å². The molecule has 0 amide bonds. The second-order valence-corrected chi connectivity index (χ2v) is 11.3. The highest BCUT2D eigenvalue weighted by Gasteiger charge is 2.34. The van der Waals surface area contributed by atoms with E-state index in [4.69, 9.17) is 0 Å². The fraction of sp³-hybridized carbons (Fsp3) is 0.667. The van der Waals surface area contributed by atoms with Crippen molar-refractivity contribution < 1.29 is 0 Å². The lowest BCUT2D eigenvalue weighted by Crippen LogP contribution is -2.29. The second-order valence-electron chi connectivity index (χ2n) is 11.3. The molecule has 2 heteroatoms. The van der Waals surface area contributed by atoms with Gasteiger partial charge in [0.25, 0.3) is 0 Å². The molecule has 0 saturated carbocycles. The fourth-order valence-electron chi connectivity index (χ4n) is 3.98. The van der Waals surface area contributed by atoms with Gasteiger partial charge in [0.15, 0.2) is 0 Å². The number of H-pyrrole nitrogens is 2. The summed E-state index contributed by atoms with van der Waals surface area (Å²) in [5.74, 6) is 0. The largest absolute Gasteiger partial charge is 0.364 e. The highest BCUT2D eigenvalue weighted by molar-refractivity contribution is 5.35. The first-order chi connectivity index (χ1) is 11.7. The summed E-state index contributed by atoms with van der Waals surface area (Å²) in [6.45, 7) is 23.3. The maximum atomic E-state index is 3.55. The maximum absolute atomic E-state index is 3.55. The third-order valence-corrected chi connectivity index (χ3v) is 5.84. The molecule has 0 fully saturated rings. The SMILES string of the molecule is CC(C)(C)c1cc[nH]c1C(C)(C)CCC(C)(C)c1[nH]ccc1C(C)(C)C. The minimum absolute atomic E-state index is 0.123. The molecule has 2 nitrogen and oxygen atoms in total. The minimum atomic E-state index is 0.123. The summed E-state index contributed by atoms with van der Waals surface area (Å²) in [6.07, 6.45) is 6.50. The topological polar surface area (TPSA) is 31.6 Å². The standard InChI is InChI=1S/C24H40N2/c1-21(2,3)17-11-15-25-19(17)23(7,8)13-14-24(9,10)20-18(12-16-26-20)22(4,5)6/h11-12,15-16,25-26H,13-14H2,1-10H3. The Morgan fingerprint density at radius 1 is 0.577 bits per heavy atom. The predicted molar refractivity (Wildman–Crippen MR) is 114 cm³/mol. The highest BCUT2D eigenvalue weighted by atomic mass is 14.7. The van der Waals surface area contributed by atoms with E-state index in [9.17, 15) is 0 Å². The van der Waals surface area contributed by atoms with Crippen molar-refractivity contribution >= 4 is 0 Å². The third-order valence-electron chi connectivity index (χ3n) is 5.84. The first-order valence-corrected chi connectivity index (χ1v) is 10.0. The van der Waals surface area contributed by atoms with Gasteiger partial charge in [-0.1, -0.05) is 69.2 Å². The van der Waals surface area contributed by atoms with Crippen LogP contribution in [0.5, 0.6) is 0 Å². The van der Waals surface area contributed by atoms with Crippen LogP contribution in [-0.2, 0) is 21.7 Å². The molecule has 2 heterocycles. The molecule has 0 aliphatic rings. The van der Waals surface area contributed by atoms with Gasteiger partial charge in [-0.2, -0.15) is 0 Å². The van der Waals surface area contributed by atoms with Gasteiger partial charge in [-0.25, -0.2) is 0 Å². The number of aromatic nitrogens is 2. The monoisotopic (exact) mass is 356 g/mol. The van der Waals surface area contributed by atoms with Gasteiger partial charge in [-0.15, -0.1) is 0 Å². The second kappa shape index (κ2) is 6.62. The molecular weight excluding hydrogens is 316 g/mol. The van der Waals surface area contributed by atoms with Gasteiger partial charge in [0.1, 0.15) is 0 Å². The smallest absolute Gasteiger partial charge is 0.0242 e. The Morgan fingerprint density at radius 3 is 1.15 bits per heavy atom. The molecule has 0 unspecified atom stereocenters. The van der Waals surface area contributed by atoms with Crippen molar-refractivity contribution in [3.8, 4) is 0 Å². The van der Waals surface area contributed by atoms with Crippen LogP contribution in [0.3, 0.4) is 0 Å². The normalized spacial score (nSPS) is 14.1. The van der Waals surface area contributed by atoms with E-state index in [1.165, 1.54) is 22.5 Å².